The Balaban J connectivity index is 2.30. The molecule has 0 bridgehead atoms. The largest absolute Gasteiger partial charge is 0.393 e. The molecule has 1 heterocycles. The van der Waals surface area contributed by atoms with Crippen molar-refractivity contribution < 1.29 is 14.9 Å². The number of hydrogen-bond donors (Lipinski definition) is 3. The van der Waals surface area contributed by atoms with Gasteiger partial charge in [0.1, 0.15) is 0 Å². The Bertz CT molecular complexity index is 206. The minimum atomic E-state index is -0.991. The highest BCUT2D eigenvalue weighted by Crippen LogP contribution is 2.11. The number of aliphatic hydroxyl groups excluding tert-OH is 2. The molecule has 0 amide bonds. The van der Waals surface area contributed by atoms with Crippen molar-refractivity contribution in [2.45, 2.75) is 58.2 Å². The van der Waals surface area contributed by atoms with E-state index >= 15 is 0 Å². The van der Waals surface area contributed by atoms with Crippen molar-refractivity contribution in [2.24, 2.45) is 0 Å². The summed E-state index contributed by atoms with van der Waals surface area (Å²) in [7, 11) is 0. The third kappa shape index (κ3) is 5.77. The lowest BCUT2D eigenvalue weighted by molar-refractivity contribution is -0.206. The second-order valence-corrected chi connectivity index (χ2v) is 5.28. The maximum atomic E-state index is 9.66. The first-order valence-corrected chi connectivity index (χ1v) is 5.92. The Hall–Kier alpha value is -0.200. The molecule has 0 saturated carbocycles. The van der Waals surface area contributed by atoms with Crippen molar-refractivity contribution >= 4 is 0 Å². The molecule has 96 valence electrons. The zero-order chi connectivity index (χ0) is 12.2. The molecule has 1 saturated heterocycles. The van der Waals surface area contributed by atoms with Gasteiger partial charge in [-0.05, 0) is 40.0 Å². The predicted octanol–water partition coefficient (Wildman–Crippen LogP) is 0.429. The van der Waals surface area contributed by atoms with E-state index < -0.39 is 6.41 Å². The van der Waals surface area contributed by atoms with E-state index in [9.17, 15) is 10.2 Å². The molecule has 1 aliphatic rings. The Morgan fingerprint density at radius 2 is 2.00 bits per heavy atom. The number of ether oxygens (including phenoxy) is 1. The van der Waals surface area contributed by atoms with E-state index in [1.807, 2.05) is 25.8 Å². The number of hydrogen-bond acceptors (Lipinski definition) is 5. The van der Waals surface area contributed by atoms with Crippen LogP contribution in [0.2, 0.25) is 0 Å². The van der Waals surface area contributed by atoms with Crippen LogP contribution < -0.4 is 5.43 Å². The van der Waals surface area contributed by atoms with Gasteiger partial charge in [0.15, 0.2) is 0 Å². The molecule has 0 aliphatic carbocycles. The second-order valence-electron chi connectivity index (χ2n) is 5.28. The first-order valence-electron chi connectivity index (χ1n) is 5.92. The van der Waals surface area contributed by atoms with Gasteiger partial charge in [-0.3, -0.25) is 0 Å². The van der Waals surface area contributed by atoms with Crippen molar-refractivity contribution in [3.8, 4) is 0 Å². The monoisotopic (exact) mass is 232 g/mol. The number of rotatable bonds is 3. The molecule has 1 aliphatic heterocycles. The van der Waals surface area contributed by atoms with Gasteiger partial charge in [-0.1, -0.05) is 0 Å². The molecule has 0 unspecified atom stereocenters. The maximum absolute atomic E-state index is 9.66. The molecule has 16 heavy (non-hydrogen) atoms. The third-order valence-electron chi connectivity index (χ3n) is 2.46. The van der Waals surface area contributed by atoms with E-state index in [0.29, 0.717) is 0 Å². The van der Waals surface area contributed by atoms with Crippen molar-refractivity contribution in [3.63, 3.8) is 0 Å². The van der Waals surface area contributed by atoms with Gasteiger partial charge < -0.3 is 14.9 Å². The normalized spacial score (nSPS) is 26.4. The highest BCUT2D eigenvalue weighted by Gasteiger charge is 2.20. The van der Waals surface area contributed by atoms with Crippen LogP contribution >= 0.6 is 0 Å². The van der Waals surface area contributed by atoms with Crippen molar-refractivity contribution in [1.29, 1.82) is 0 Å². The van der Waals surface area contributed by atoms with Crippen LogP contribution in [0.3, 0.4) is 0 Å². The van der Waals surface area contributed by atoms with E-state index in [0.717, 1.165) is 32.4 Å². The van der Waals surface area contributed by atoms with Crippen LogP contribution in [0.5, 0.6) is 0 Å². The molecule has 1 rings (SSSR count). The number of nitrogens with zero attached hydrogens (tertiary/aromatic N) is 1. The summed E-state index contributed by atoms with van der Waals surface area (Å²) in [4.78, 5) is 0. The van der Waals surface area contributed by atoms with E-state index in [1.54, 1.807) is 0 Å². The fraction of sp³-hybridized carbons (Fsp3) is 1.00. The molecule has 0 radical (unpaired) electrons. The summed E-state index contributed by atoms with van der Waals surface area (Å²) in [6, 6.07) is 0. The lowest BCUT2D eigenvalue weighted by Crippen LogP contribution is -2.48. The summed E-state index contributed by atoms with van der Waals surface area (Å²) in [5, 5.41) is 21.0. The Labute approximate surface area is 97.4 Å². The SMILES string of the molecule is CC(C)(C)O[C@H](O)NN1CCC[C@@H](O)CC1. The standard InChI is InChI=1S/C11H24N2O3/c1-11(2,3)16-10(15)12-13-7-4-5-9(14)6-8-13/h9-10,12,14-15H,4-8H2,1-3H3/t9-,10+/m1/s1. The quantitative estimate of drug-likeness (QED) is 0.616. The molecule has 1 fully saturated rings. The summed E-state index contributed by atoms with van der Waals surface area (Å²) < 4.78 is 5.35. The summed E-state index contributed by atoms with van der Waals surface area (Å²) in [6.07, 6.45) is 1.28. The van der Waals surface area contributed by atoms with E-state index in [1.165, 1.54) is 0 Å². The van der Waals surface area contributed by atoms with E-state index in [2.05, 4.69) is 5.43 Å². The van der Waals surface area contributed by atoms with Crippen LogP contribution in [0.1, 0.15) is 40.0 Å². The van der Waals surface area contributed by atoms with Crippen molar-refractivity contribution in [2.75, 3.05) is 13.1 Å². The van der Waals surface area contributed by atoms with E-state index in [4.69, 9.17) is 4.74 Å². The lowest BCUT2D eigenvalue weighted by atomic mass is 10.2. The molecule has 2 atom stereocenters. The number of hydrazine groups is 1. The number of aliphatic hydroxyl groups is 2. The topological polar surface area (TPSA) is 65.0 Å². The lowest BCUT2D eigenvalue weighted by Gasteiger charge is -2.29. The predicted molar refractivity (Wildman–Crippen MR) is 61.4 cm³/mol. The van der Waals surface area contributed by atoms with Crippen LogP contribution in [-0.2, 0) is 4.74 Å². The molecule has 0 aromatic heterocycles. The van der Waals surface area contributed by atoms with Gasteiger partial charge in [0.05, 0.1) is 11.7 Å². The third-order valence-corrected chi connectivity index (χ3v) is 2.46. The van der Waals surface area contributed by atoms with Gasteiger partial charge >= 0.3 is 0 Å². The van der Waals surface area contributed by atoms with Gasteiger partial charge in [-0.2, -0.15) is 0 Å². The summed E-state index contributed by atoms with van der Waals surface area (Å²) in [6.45, 7) is 7.23. The van der Waals surface area contributed by atoms with Crippen molar-refractivity contribution in [1.82, 2.24) is 10.4 Å². The van der Waals surface area contributed by atoms with E-state index in [-0.39, 0.29) is 11.7 Å². The molecule has 5 nitrogen and oxygen atoms in total. The molecular formula is C11H24N2O3. The highest BCUT2D eigenvalue weighted by molar-refractivity contribution is 4.67. The first-order chi connectivity index (χ1) is 7.37. The number of nitrogens with one attached hydrogen (secondary N) is 1. The molecule has 0 aromatic carbocycles. The Morgan fingerprint density at radius 1 is 1.31 bits per heavy atom. The maximum Gasteiger partial charge on any atom is 0.227 e. The van der Waals surface area contributed by atoms with Crippen LogP contribution in [0, 0.1) is 0 Å². The average Bonchev–Trinajstić information content (AvgIpc) is 2.27. The Kier molecular flexibility index (Phi) is 5.14. The highest BCUT2D eigenvalue weighted by atomic mass is 16.6. The van der Waals surface area contributed by atoms with Crippen LogP contribution in [-0.4, -0.2) is 46.4 Å². The van der Waals surface area contributed by atoms with Gasteiger partial charge in [0.25, 0.3) is 0 Å². The summed E-state index contributed by atoms with van der Waals surface area (Å²) in [5.74, 6) is 0. The second kappa shape index (κ2) is 5.93. The fourth-order valence-electron chi connectivity index (χ4n) is 1.73. The van der Waals surface area contributed by atoms with Gasteiger partial charge in [-0.15, -0.1) is 0 Å². The van der Waals surface area contributed by atoms with Crippen LogP contribution in [0.15, 0.2) is 0 Å². The smallest absolute Gasteiger partial charge is 0.227 e. The summed E-state index contributed by atoms with van der Waals surface area (Å²) >= 11 is 0. The fourth-order valence-corrected chi connectivity index (χ4v) is 1.73. The van der Waals surface area contributed by atoms with Crippen LogP contribution in [0.25, 0.3) is 0 Å². The van der Waals surface area contributed by atoms with Gasteiger partial charge in [0, 0.05) is 13.1 Å². The molecule has 5 heteroatoms. The zero-order valence-electron chi connectivity index (χ0n) is 10.4. The Morgan fingerprint density at radius 3 is 2.62 bits per heavy atom. The first kappa shape index (κ1) is 13.9. The average molecular weight is 232 g/mol. The molecule has 0 aromatic rings. The summed E-state index contributed by atoms with van der Waals surface area (Å²) in [5.41, 5.74) is 2.51. The van der Waals surface area contributed by atoms with Crippen molar-refractivity contribution in [3.05, 3.63) is 0 Å². The van der Waals surface area contributed by atoms with Gasteiger partial charge in [-0.25, -0.2) is 10.4 Å². The van der Waals surface area contributed by atoms with Gasteiger partial charge in [0.2, 0.25) is 6.41 Å². The van der Waals surface area contributed by atoms with Crippen LogP contribution in [0.4, 0.5) is 0 Å². The zero-order valence-corrected chi connectivity index (χ0v) is 10.4. The molecule has 3 N–H and O–H groups in total. The minimum Gasteiger partial charge on any atom is -0.393 e. The molecule has 0 spiro atoms. The molecular weight excluding hydrogens is 208 g/mol. The minimum absolute atomic E-state index is 0.215.